The quantitative estimate of drug-likeness (QED) is 0.318. The average molecular weight is 431 g/mol. The zero-order chi connectivity index (χ0) is 21.8. The van der Waals surface area contributed by atoms with Crippen molar-refractivity contribution in [2.45, 2.75) is 12.3 Å². The fourth-order valence-electron chi connectivity index (χ4n) is 3.17. The molecule has 1 aromatic heterocycles. The third-order valence-electron chi connectivity index (χ3n) is 4.71. The maximum atomic E-state index is 12.8. The van der Waals surface area contributed by atoms with E-state index in [0.717, 1.165) is 0 Å². The lowest BCUT2D eigenvalue weighted by molar-refractivity contribution is -0.142. The molecule has 0 spiro atoms. The lowest BCUT2D eigenvalue weighted by atomic mass is 9.89. The van der Waals surface area contributed by atoms with Crippen molar-refractivity contribution in [2.75, 3.05) is 21.3 Å². The van der Waals surface area contributed by atoms with E-state index in [9.17, 15) is 14.4 Å². The number of esters is 1. The SMILES string of the molecule is COC(=O)[C@@H](CC(=O)c1ccc(OC)cc1)c1cc(=O)oc2cc(OC)c(Cl)cc12. The van der Waals surface area contributed by atoms with E-state index in [1.807, 2.05) is 0 Å². The summed E-state index contributed by atoms with van der Waals surface area (Å²) in [6.07, 6.45) is -0.207. The van der Waals surface area contributed by atoms with Crippen LogP contribution in [0.1, 0.15) is 28.3 Å². The summed E-state index contributed by atoms with van der Waals surface area (Å²) in [5.74, 6) is -1.06. The van der Waals surface area contributed by atoms with E-state index >= 15 is 0 Å². The molecule has 8 heteroatoms. The van der Waals surface area contributed by atoms with Crippen LogP contribution in [0.15, 0.2) is 51.7 Å². The van der Waals surface area contributed by atoms with Gasteiger partial charge in [-0.05, 0) is 35.9 Å². The lowest BCUT2D eigenvalue weighted by Crippen LogP contribution is -2.20. The van der Waals surface area contributed by atoms with Gasteiger partial charge in [-0.25, -0.2) is 4.79 Å². The number of carbonyl (C=O) groups is 2. The van der Waals surface area contributed by atoms with Crippen molar-refractivity contribution in [1.29, 1.82) is 0 Å². The molecule has 2 aromatic carbocycles. The van der Waals surface area contributed by atoms with Crippen molar-refractivity contribution in [3.8, 4) is 11.5 Å². The van der Waals surface area contributed by atoms with Crippen LogP contribution in [0.4, 0.5) is 0 Å². The minimum atomic E-state index is -1.03. The van der Waals surface area contributed by atoms with Gasteiger partial charge in [0, 0.05) is 29.5 Å². The van der Waals surface area contributed by atoms with E-state index < -0.39 is 17.5 Å². The van der Waals surface area contributed by atoms with Crippen LogP contribution in [0, 0.1) is 0 Å². The summed E-state index contributed by atoms with van der Waals surface area (Å²) in [7, 11) is 4.17. The minimum absolute atomic E-state index is 0.185. The molecule has 0 N–H and O–H groups in total. The second-order valence-corrected chi connectivity index (χ2v) is 6.84. The summed E-state index contributed by atoms with van der Waals surface area (Å²) < 4.78 is 20.4. The zero-order valence-electron chi connectivity index (χ0n) is 16.6. The molecule has 0 saturated carbocycles. The maximum absolute atomic E-state index is 12.8. The molecule has 0 saturated heterocycles. The van der Waals surface area contributed by atoms with Crippen molar-refractivity contribution in [1.82, 2.24) is 0 Å². The largest absolute Gasteiger partial charge is 0.497 e. The fraction of sp³-hybridized carbons (Fsp3) is 0.227. The van der Waals surface area contributed by atoms with Crippen LogP contribution in [0.5, 0.6) is 11.5 Å². The van der Waals surface area contributed by atoms with E-state index in [-0.39, 0.29) is 22.8 Å². The molecule has 0 aliphatic rings. The predicted octanol–water partition coefficient (Wildman–Crippen LogP) is 3.99. The summed E-state index contributed by atoms with van der Waals surface area (Å²) in [6, 6.07) is 10.7. The molecular weight excluding hydrogens is 412 g/mol. The average Bonchev–Trinajstić information content (AvgIpc) is 2.76. The number of hydrogen-bond donors (Lipinski definition) is 0. The molecule has 0 unspecified atom stereocenters. The third kappa shape index (κ3) is 4.31. The Bertz CT molecular complexity index is 1150. The molecule has 7 nitrogen and oxygen atoms in total. The Kier molecular flexibility index (Phi) is 6.42. The molecule has 0 amide bonds. The normalized spacial score (nSPS) is 11.7. The van der Waals surface area contributed by atoms with Gasteiger partial charge in [0.1, 0.15) is 17.1 Å². The Morgan fingerprint density at radius 1 is 1.03 bits per heavy atom. The molecule has 0 aliphatic carbocycles. The number of halogens is 1. The van der Waals surface area contributed by atoms with Crippen LogP contribution >= 0.6 is 11.6 Å². The van der Waals surface area contributed by atoms with E-state index in [1.165, 1.54) is 39.5 Å². The maximum Gasteiger partial charge on any atom is 0.336 e. The van der Waals surface area contributed by atoms with Crippen molar-refractivity contribution >= 4 is 34.3 Å². The van der Waals surface area contributed by atoms with Crippen molar-refractivity contribution in [3.63, 3.8) is 0 Å². The highest BCUT2D eigenvalue weighted by Gasteiger charge is 2.28. The van der Waals surface area contributed by atoms with Gasteiger partial charge in [0.15, 0.2) is 5.78 Å². The van der Waals surface area contributed by atoms with E-state index in [2.05, 4.69) is 0 Å². The van der Waals surface area contributed by atoms with Crippen LogP contribution < -0.4 is 15.1 Å². The molecule has 3 rings (SSSR count). The van der Waals surface area contributed by atoms with Gasteiger partial charge < -0.3 is 18.6 Å². The summed E-state index contributed by atoms with van der Waals surface area (Å²) >= 11 is 6.22. The number of fused-ring (bicyclic) bond motifs is 1. The smallest absolute Gasteiger partial charge is 0.336 e. The monoisotopic (exact) mass is 430 g/mol. The molecular formula is C22H19ClO7. The zero-order valence-corrected chi connectivity index (χ0v) is 17.3. The number of ether oxygens (including phenoxy) is 3. The summed E-state index contributed by atoms with van der Waals surface area (Å²) in [4.78, 5) is 37.5. The second kappa shape index (κ2) is 9.00. The number of rotatable bonds is 7. The van der Waals surface area contributed by atoms with E-state index in [0.29, 0.717) is 28.0 Å². The van der Waals surface area contributed by atoms with E-state index in [4.69, 9.17) is 30.2 Å². The molecule has 156 valence electrons. The van der Waals surface area contributed by atoms with Gasteiger partial charge >= 0.3 is 11.6 Å². The topological polar surface area (TPSA) is 92.0 Å². The van der Waals surface area contributed by atoms with Gasteiger partial charge in [-0.15, -0.1) is 0 Å². The molecule has 0 aliphatic heterocycles. The van der Waals surface area contributed by atoms with Crippen molar-refractivity contribution in [3.05, 3.63) is 69.0 Å². The number of methoxy groups -OCH3 is 3. The summed E-state index contributed by atoms with van der Waals surface area (Å²) in [5, 5.41) is 0.684. The fourth-order valence-corrected chi connectivity index (χ4v) is 3.42. The number of Topliss-reactive ketones (excluding diaryl/α,β-unsaturated/α-hetero) is 1. The Morgan fingerprint density at radius 2 is 1.73 bits per heavy atom. The Balaban J connectivity index is 2.08. The first-order chi connectivity index (χ1) is 14.4. The standard InChI is InChI=1S/C22H19ClO7/c1-27-13-6-4-12(5-7-13)18(24)9-16(22(26)29-3)14-10-21(25)30-19-11-20(28-2)17(23)8-15(14)19/h4-8,10-11,16H,9H2,1-3H3/t16-/m0/s1. The Labute approximate surface area is 177 Å². The highest BCUT2D eigenvalue weighted by molar-refractivity contribution is 6.32. The first-order valence-electron chi connectivity index (χ1n) is 8.94. The highest BCUT2D eigenvalue weighted by Crippen LogP contribution is 2.35. The lowest BCUT2D eigenvalue weighted by Gasteiger charge is -2.17. The summed E-state index contributed by atoms with van der Waals surface area (Å²) in [5.41, 5.74) is 0.202. The molecule has 1 heterocycles. The third-order valence-corrected chi connectivity index (χ3v) is 5.01. The van der Waals surface area contributed by atoms with Crippen LogP contribution in [-0.2, 0) is 9.53 Å². The van der Waals surface area contributed by atoms with Gasteiger partial charge in [-0.1, -0.05) is 11.6 Å². The molecule has 3 aromatic rings. The van der Waals surface area contributed by atoms with Gasteiger partial charge in [-0.3, -0.25) is 9.59 Å². The van der Waals surface area contributed by atoms with Gasteiger partial charge in [0.2, 0.25) is 0 Å². The van der Waals surface area contributed by atoms with Crippen LogP contribution in [0.25, 0.3) is 11.0 Å². The predicted molar refractivity (Wildman–Crippen MR) is 111 cm³/mol. The van der Waals surface area contributed by atoms with Gasteiger partial charge in [0.25, 0.3) is 0 Å². The number of carbonyl (C=O) groups excluding carboxylic acids is 2. The first kappa shape index (κ1) is 21.4. The molecule has 0 bridgehead atoms. The first-order valence-corrected chi connectivity index (χ1v) is 9.32. The van der Waals surface area contributed by atoms with Crippen molar-refractivity contribution in [2.24, 2.45) is 0 Å². The van der Waals surface area contributed by atoms with Crippen LogP contribution in [0.3, 0.4) is 0 Å². The number of ketones is 1. The Morgan fingerprint density at radius 3 is 2.33 bits per heavy atom. The molecule has 0 radical (unpaired) electrons. The van der Waals surface area contributed by atoms with E-state index in [1.54, 1.807) is 24.3 Å². The van der Waals surface area contributed by atoms with Crippen LogP contribution in [0.2, 0.25) is 5.02 Å². The number of hydrogen-bond acceptors (Lipinski definition) is 7. The highest BCUT2D eigenvalue weighted by atomic mass is 35.5. The summed E-state index contributed by atoms with van der Waals surface area (Å²) in [6.45, 7) is 0. The second-order valence-electron chi connectivity index (χ2n) is 6.44. The molecule has 30 heavy (non-hydrogen) atoms. The molecule has 1 atom stereocenters. The van der Waals surface area contributed by atoms with Crippen LogP contribution in [-0.4, -0.2) is 33.1 Å². The van der Waals surface area contributed by atoms with Gasteiger partial charge in [-0.2, -0.15) is 0 Å². The number of benzene rings is 2. The Hall–Kier alpha value is -3.32. The van der Waals surface area contributed by atoms with Gasteiger partial charge in [0.05, 0.1) is 32.3 Å². The molecule has 0 fully saturated rings. The van der Waals surface area contributed by atoms with Crippen molar-refractivity contribution < 1.29 is 28.2 Å². The minimum Gasteiger partial charge on any atom is -0.497 e.